The van der Waals surface area contributed by atoms with Crippen LogP contribution in [0.1, 0.15) is 44.8 Å². The van der Waals surface area contributed by atoms with Gasteiger partial charge in [0, 0.05) is 39.6 Å². The molecule has 124 valence electrons. The summed E-state index contributed by atoms with van der Waals surface area (Å²) in [6, 6.07) is 0. The van der Waals surface area contributed by atoms with E-state index in [0.717, 1.165) is 11.6 Å². The average molecular weight is 308 g/mol. The van der Waals surface area contributed by atoms with Gasteiger partial charge in [0.25, 0.3) is 0 Å². The van der Waals surface area contributed by atoms with Gasteiger partial charge in [-0.3, -0.25) is 9.48 Å². The van der Waals surface area contributed by atoms with E-state index in [4.69, 9.17) is 4.74 Å². The molecule has 0 saturated heterocycles. The zero-order valence-corrected chi connectivity index (χ0v) is 14.3. The van der Waals surface area contributed by atoms with Gasteiger partial charge in [-0.25, -0.2) is 4.98 Å². The Hall–Kier alpha value is -1.69. The van der Waals surface area contributed by atoms with E-state index in [9.17, 15) is 4.79 Å². The second-order valence-corrected chi connectivity index (χ2v) is 6.03. The van der Waals surface area contributed by atoms with Gasteiger partial charge in [-0.1, -0.05) is 19.9 Å². The smallest absolute Gasteiger partial charge is 0.229 e. The van der Waals surface area contributed by atoms with Crippen LogP contribution in [0.5, 0.6) is 0 Å². The lowest BCUT2D eigenvalue weighted by Gasteiger charge is -2.24. The van der Waals surface area contributed by atoms with Gasteiger partial charge >= 0.3 is 0 Å². The maximum atomic E-state index is 12.3. The molecule has 1 aromatic heterocycles. The Morgan fingerprint density at radius 2 is 2.23 bits per heavy atom. The minimum absolute atomic E-state index is 0.0363. The lowest BCUT2D eigenvalue weighted by atomic mass is 9.86. The van der Waals surface area contributed by atoms with Crippen molar-refractivity contribution in [3.63, 3.8) is 0 Å². The fraction of sp³-hybridized carbons (Fsp3) is 0.688. The first-order valence-corrected chi connectivity index (χ1v) is 7.64. The van der Waals surface area contributed by atoms with Gasteiger partial charge in [-0.2, -0.15) is 5.10 Å². The zero-order valence-electron chi connectivity index (χ0n) is 14.3. The molecular weight excluding hydrogens is 280 g/mol. The van der Waals surface area contributed by atoms with E-state index < -0.39 is 5.41 Å². The van der Waals surface area contributed by atoms with E-state index in [2.05, 4.69) is 35.8 Å². The molecule has 0 radical (unpaired) electrons. The summed E-state index contributed by atoms with van der Waals surface area (Å²) in [5.41, 5.74) is -0.612. The standard InChI is InChI=1S/C16H28N4O2/c1-7-16(4,9-11-22-6)15(21)17-10-8-13-18-14(12(2)3)19-20(13)5/h7,12H,1,8-11H2,2-6H3,(H,17,21). The molecule has 0 fully saturated rings. The van der Waals surface area contributed by atoms with Gasteiger partial charge in [0.1, 0.15) is 5.82 Å². The number of aromatic nitrogens is 3. The third-order valence-electron chi connectivity index (χ3n) is 3.81. The second kappa shape index (κ2) is 8.08. The van der Waals surface area contributed by atoms with Gasteiger partial charge in [-0.05, 0) is 13.3 Å². The fourth-order valence-electron chi connectivity index (χ4n) is 2.01. The summed E-state index contributed by atoms with van der Waals surface area (Å²) >= 11 is 0. The van der Waals surface area contributed by atoms with Crippen LogP contribution in [0.2, 0.25) is 0 Å². The van der Waals surface area contributed by atoms with E-state index in [1.807, 2.05) is 14.0 Å². The lowest BCUT2D eigenvalue weighted by Crippen LogP contribution is -2.39. The molecule has 0 bridgehead atoms. The number of aryl methyl sites for hydroxylation is 1. The van der Waals surface area contributed by atoms with Crippen molar-refractivity contribution >= 4 is 5.91 Å². The Kier molecular flexibility index (Phi) is 6.74. The predicted molar refractivity (Wildman–Crippen MR) is 86.6 cm³/mol. The molecule has 1 atom stereocenters. The number of methoxy groups -OCH3 is 1. The Morgan fingerprint density at radius 1 is 1.55 bits per heavy atom. The van der Waals surface area contributed by atoms with Crippen LogP contribution in [0, 0.1) is 5.41 Å². The summed E-state index contributed by atoms with van der Waals surface area (Å²) < 4.78 is 6.83. The number of nitrogens with zero attached hydrogens (tertiary/aromatic N) is 3. The number of carbonyl (C=O) groups is 1. The topological polar surface area (TPSA) is 69.0 Å². The lowest BCUT2D eigenvalue weighted by molar-refractivity contribution is -0.128. The first kappa shape index (κ1) is 18.4. The number of hydrogen-bond acceptors (Lipinski definition) is 4. The molecule has 1 amide bonds. The molecule has 1 rings (SSSR count). The highest BCUT2D eigenvalue weighted by atomic mass is 16.5. The molecule has 0 aliphatic heterocycles. The molecule has 0 aliphatic carbocycles. The first-order chi connectivity index (χ1) is 10.3. The van der Waals surface area contributed by atoms with Crippen molar-refractivity contribution < 1.29 is 9.53 Å². The van der Waals surface area contributed by atoms with Crippen LogP contribution in [0.3, 0.4) is 0 Å². The average Bonchev–Trinajstić information content (AvgIpc) is 2.86. The van der Waals surface area contributed by atoms with Crippen LogP contribution in [0.4, 0.5) is 0 Å². The van der Waals surface area contributed by atoms with Crippen LogP contribution in [0.25, 0.3) is 0 Å². The number of hydrogen-bond donors (Lipinski definition) is 1. The number of ether oxygens (including phenoxy) is 1. The first-order valence-electron chi connectivity index (χ1n) is 7.64. The number of rotatable bonds is 9. The Balaban J connectivity index is 2.55. The number of nitrogens with one attached hydrogen (secondary N) is 1. The molecular formula is C16H28N4O2. The van der Waals surface area contributed by atoms with Crippen molar-refractivity contribution in [2.45, 2.75) is 39.5 Å². The SMILES string of the molecule is C=CC(C)(CCOC)C(=O)NCCc1nc(C(C)C)nn1C. The van der Waals surface area contributed by atoms with Gasteiger partial charge in [-0.15, -0.1) is 6.58 Å². The van der Waals surface area contributed by atoms with E-state index >= 15 is 0 Å². The minimum Gasteiger partial charge on any atom is -0.385 e. The van der Waals surface area contributed by atoms with E-state index in [-0.39, 0.29) is 5.91 Å². The highest BCUT2D eigenvalue weighted by molar-refractivity contribution is 5.84. The van der Waals surface area contributed by atoms with Crippen LogP contribution < -0.4 is 5.32 Å². The Morgan fingerprint density at radius 3 is 2.73 bits per heavy atom. The summed E-state index contributed by atoms with van der Waals surface area (Å²) in [5.74, 6) is 1.97. The van der Waals surface area contributed by atoms with Crippen molar-refractivity contribution in [1.29, 1.82) is 0 Å². The summed E-state index contributed by atoms with van der Waals surface area (Å²) in [7, 11) is 3.50. The molecule has 0 aromatic carbocycles. The minimum atomic E-state index is -0.612. The Bertz CT molecular complexity index is 510. The van der Waals surface area contributed by atoms with Crippen LogP contribution in [0.15, 0.2) is 12.7 Å². The summed E-state index contributed by atoms with van der Waals surface area (Å²) in [4.78, 5) is 16.8. The Labute approximate surface area is 133 Å². The zero-order chi connectivity index (χ0) is 16.8. The van der Waals surface area contributed by atoms with Crippen LogP contribution in [-0.4, -0.2) is 40.9 Å². The summed E-state index contributed by atoms with van der Waals surface area (Å²) in [5, 5.41) is 7.32. The quantitative estimate of drug-likeness (QED) is 0.707. The predicted octanol–water partition coefficient (Wildman–Crippen LogP) is 1.83. The van der Waals surface area contributed by atoms with Crippen molar-refractivity contribution in [3.05, 3.63) is 24.3 Å². The molecule has 0 saturated carbocycles. The molecule has 6 heteroatoms. The molecule has 0 aliphatic rings. The monoisotopic (exact) mass is 308 g/mol. The highest BCUT2D eigenvalue weighted by Gasteiger charge is 2.29. The molecule has 0 spiro atoms. The van der Waals surface area contributed by atoms with Crippen LogP contribution in [-0.2, 0) is 23.0 Å². The van der Waals surface area contributed by atoms with Gasteiger partial charge in [0.15, 0.2) is 5.82 Å². The maximum Gasteiger partial charge on any atom is 0.229 e. The number of amides is 1. The largest absolute Gasteiger partial charge is 0.385 e. The van der Waals surface area contributed by atoms with E-state index in [0.29, 0.717) is 31.9 Å². The highest BCUT2D eigenvalue weighted by Crippen LogP contribution is 2.22. The van der Waals surface area contributed by atoms with E-state index in [1.165, 1.54) is 0 Å². The maximum absolute atomic E-state index is 12.3. The fourth-order valence-corrected chi connectivity index (χ4v) is 2.01. The molecule has 1 heterocycles. The molecule has 6 nitrogen and oxygen atoms in total. The van der Waals surface area contributed by atoms with Crippen molar-refractivity contribution in [2.75, 3.05) is 20.3 Å². The molecule has 1 N–H and O–H groups in total. The van der Waals surface area contributed by atoms with Crippen LogP contribution >= 0.6 is 0 Å². The van der Waals surface area contributed by atoms with Crippen molar-refractivity contribution in [3.8, 4) is 0 Å². The van der Waals surface area contributed by atoms with Crippen molar-refractivity contribution in [1.82, 2.24) is 20.1 Å². The van der Waals surface area contributed by atoms with Gasteiger partial charge < -0.3 is 10.1 Å². The van der Waals surface area contributed by atoms with Crippen molar-refractivity contribution in [2.24, 2.45) is 12.5 Å². The summed E-state index contributed by atoms with van der Waals surface area (Å²) in [6.07, 6.45) is 2.94. The molecule has 22 heavy (non-hydrogen) atoms. The molecule has 1 aromatic rings. The summed E-state index contributed by atoms with van der Waals surface area (Å²) in [6.45, 7) is 10.8. The van der Waals surface area contributed by atoms with Gasteiger partial charge in [0.2, 0.25) is 5.91 Å². The normalized spacial score (nSPS) is 13.9. The molecule has 1 unspecified atom stereocenters. The third-order valence-corrected chi connectivity index (χ3v) is 3.81. The van der Waals surface area contributed by atoms with E-state index in [1.54, 1.807) is 17.9 Å². The second-order valence-electron chi connectivity index (χ2n) is 6.03. The number of carbonyl (C=O) groups excluding carboxylic acids is 1. The van der Waals surface area contributed by atoms with Gasteiger partial charge in [0.05, 0.1) is 5.41 Å². The third kappa shape index (κ3) is 4.66.